The average Bonchev–Trinajstić information content (AvgIpc) is 3.64. The molecule has 3 aromatic carbocycles. The SMILES string of the molecule is NC(CCC(=O)O)C(=O)N1CC=C(c2cccc3c2CCN(C(=O)C2CC(c4cccc(Cl)c4F)=NO2)[C@@H]3C(=O)Nc2ccc(C(=O)O)cc2)CC1. The lowest BCUT2D eigenvalue weighted by Crippen LogP contribution is -2.49. The van der Waals surface area contributed by atoms with E-state index in [1.165, 1.54) is 41.3 Å². The van der Waals surface area contributed by atoms with E-state index in [9.17, 15) is 33.5 Å². The first-order valence-electron chi connectivity index (χ1n) is 16.6. The highest BCUT2D eigenvalue weighted by atomic mass is 35.5. The molecule has 13 nitrogen and oxygen atoms in total. The Labute approximate surface area is 302 Å². The van der Waals surface area contributed by atoms with E-state index in [4.69, 9.17) is 27.3 Å². The summed E-state index contributed by atoms with van der Waals surface area (Å²) in [5.74, 6) is -4.22. The normalized spacial score (nSPS) is 18.8. The van der Waals surface area contributed by atoms with Crippen LogP contribution in [0.5, 0.6) is 0 Å². The van der Waals surface area contributed by atoms with Crippen LogP contribution in [0.4, 0.5) is 10.1 Å². The average molecular weight is 732 g/mol. The Balaban J connectivity index is 1.27. The van der Waals surface area contributed by atoms with Crippen LogP contribution in [-0.2, 0) is 30.4 Å². The van der Waals surface area contributed by atoms with Crippen LogP contribution in [0.15, 0.2) is 71.9 Å². The van der Waals surface area contributed by atoms with Gasteiger partial charge in [0.2, 0.25) is 12.0 Å². The van der Waals surface area contributed by atoms with Crippen LogP contribution >= 0.6 is 11.6 Å². The van der Waals surface area contributed by atoms with E-state index in [1.54, 1.807) is 23.1 Å². The first kappa shape index (κ1) is 36.2. The van der Waals surface area contributed by atoms with Crippen molar-refractivity contribution in [2.45, 2.75) is 50.3 Å². The van der Waals surface area contributed by atoms with E-state index in [-0.39, 0.29) is 60.1 Å². The van der Waals surface area contributed by atoms with Crippen LogP contribution in [0.1, 0.15) is 64.3 Å². The summed E-state index contributed by atoms with van der Waals surface area (Å²) >= 11 is 5.96. The molecule has 0 bridgehead atoms. The van der Waals surface area contributed by atoms with Crippen LogP contribution in [0, 0.1) is 5.82 Å². The van der Waals surface area contributed by atoms with Gasteiger partial charge in [-0.15, -0.1) is 0 Å². The predicted octanol–water partition coefficient (Wildman–Crippen LogP) is 4.24. The molecule has 3 amide bonds. The first-order chi connectivity index (χ1) is 24.9. The van der Waals surface area contributed by atoms with Gasteiger partial charge >= 0.3 is 11.9 Å². The van der Waals surface area contributed by atoms with Gasteiger partial charge in [-0.25, -0.2) is 9.18 Å². The van der Waals surface area contributed by atoms with E-state index >= 15 is 0 Å². The fourth-order valence-corrected chi connectivity index (χ4v) is 6.90. The zero-order valence-corrected chi connectivity index (χ0v) is 28.5. The molecule has 15 heteroatoms. The maximum atomic E-state index is 14.8. The number of carbonyl (C=O) groups excluding carboxylic acids is 3. The number of carboxylic acids is 2. The van der Waals surface area contributed by atoms with Crippen molar-refractivity contribution in [3.05, 3.63) is 105 Å². The van der Waals surface area contributed by atoms with Gasteiger partial charge in [-0.05, 0) is 77.9 Å². The van der Waals surface area contributed by atoms with Crippen molar-refractivity contribution in [1.29, 1.82) is 0 Å². The number of oxime groups is 1. The molecule has 0 spiro atoms. The Morgan fingerprint density at radius 1 is 1.00 bits per heavy atom. The summed E-state index contributed by atoms with van der Waals surface area (Å²) in [5.41, 5.74) is 9.90. The van der Waals surface area contributed by atoms with Gasteiger partial charge in [0.05, 0.1) is 22.3 Å². The third-order valence-corrected chi connectivity index (χ3v) is 9.70. The molecule has 3 aliphatic heterocycles. The van der Waals surface area contributed by atoms with Crippen molar-refractivity contribution in [1.82, 2.24) is 9.80 Å². The monoisotopic (exact) mass is 731 g/mol. The molecule has 0 saturated carbocycles. The van der Waals surface area contributed by atoms with Gasteiger partial charge < -0.3 is 35.9 Å². The van der Waals surface area contributed by atoms with Gasteiger partial charge in [-0.3, -0.25) is 19.2 Å². The number of nitrogens with two attached hydrogens (primary N) is 1. The number of hydrogen-bond donors (Lipinski definition) is 4. The number of rotatable bonds is 10. The number of fused-ring (bicyclic) bond motifs is 1. The second-order valence-electron chi connectivity index (χ2n) is 12.7. The number of benzene rings is 3. The third kappa shape index (κ3) is 7.53. The second-order valence-corrected chi connectivity index (χ2v) is 13.1. The quantitative estimate of drug-likeness (QED) is 0.236. The third-order valence-electron chi connectivity index (χ3n) is 9.41. The Hall–Kier alpha value is -5.60. The predicted molar refractivity (Wildman–Crippen MR) is 188 cm³/mol. The van der Waals surface area contributed by atoms with Gasteiger partial charge in [0.25, 0.3) is 11.8 Å². The minimum atomic E-state index is -1.13. The summed E-state index contributed by atoms with van der Waals surface area (Å²) in [4.78, 5) is 72.0. The van der Waals surface area contributed by atoms with Crippen LogP contribution < -0.4 is 11.1 Å². The minimum absolute atomic E-state index is 0.0344. The lowest BCUT2D eigenvalue weighted by atomic mass is 9.84. The number of carbonyl (C=O) groups is 5. The number of aromatic carboxylic acids is 1. The van der Waals surface area contributed by atoms with Crippen molar-refractivity contribution in [2.75, 3.05) is 25.0 Å². The summed E-state index contributed by atoms with van der Waals surface area (Å²) in [6, 6.07) is 13.5. The van der Waals surface area contributed by atoms with E-state index in [0.29, 0.717) is 30.6 Å². The van der Waals surface area contributed by atoms with Crippen LogP contribution in [-0.4, -0.2) is 87.2 Å². The smallest absolute Gasteiger partial charge is 0.335 e. The molecule has 0 fully saturated rings. The maximum Gasteiger partial charge on any atom is 0.335 e. The first-order valence-corrected chi connectivity index (χ1v) is 17.0. The molecule has 3 heterocycles. The lowest BCUT2D eigenvalue weighted by molar-refractivity contribution is -0.148. The topological polar surface area (TPSA) is 192 Å². The molecule has 52 heavy (non-hydrogen) atoms. The lowest BCUT2D eigenvalue weighted by Gasteiger charge is -2.38. The van der Waals surface area contributed by atoms with Crippen molar-refractivity contribution in [3.63, 3.8) is 0 Å². The Morgan fingerprint density at radius 3 is 2.42 bits per heavy atom. The molecule has 5 N–H and O–H groups in total. The molecule has 3 aliphatic rings. The molecule has 0 aliphatic carbocycles. The summed E-state index contributed by atoms with van der Waals surface area (Å²) in [5, 5.41) is 25.0. The summed E-state index contributed by atoms with van der Waals surface area (Å²) in [6.07, 6.45) is 1.44. The zero-order valence-electron chi connectivity index (χ0n) is 27.8. The van der Waals surface area contributed by atoms with Crippen molar-refractivity contribution in [2.24, 2.45) is 10.9 Å². The molecule has 0 aromatic heterocycles. The van der Waals surface area contributed by atoms with Crippen LogP contribution in [0.3, 0.4) is 0 Å². The summed E-state index contributed by atoms with van der Waals surface area (Å²) in [7, 11) is 0. The highest BCUT2D eigenvalue weighted by molar-refractivity contribution is 6.31. The van der Waals surface area contributed by atoms with Gasteiger partial charge in [0.15, 0.2) is 5.82 Å². The number of anilines is 1. The molecule has 3 aromatic rings. The Bertz CT molecular complexity index is 2000. The fourth-order valence-electron chi connectivity index (χ4n) is 6.73. The van der Waals surface area contributed by atoms with Gasteiger partial charge in [-0.2, -0.15) is 0 Å². The number of amides is 3. The maximum absolute atomic E-state index is 14.8. The molecule has 6 rings (SSSR count). The largest absolute Gasteiger partial charge is 0.481 e. The highest BCUT2D eigenvalue weighted by Crippen LogP contribution is 2.38. The standard InChI is InChI=1S/C37H35ClFN5O8/c38-27-6-2-5-26(32(27)39)29-19-30(52-42-29)36(49)44-18-15-24-23(20-13-16-43(17-14-20)35(48)28(40)11-12-31(45)46)3-1-4-25(24)33(44)34(47)41-22-9-7-21(8-10-22)37(50)51/h1-10,13,28,30,33H,11-12,14-19,40H2,(H,41,47)(H,45,46)(H,50,51)/t28?,30?,33-/m0/s1. The Kier molecular flexibility index (Phi) is 10.7. The number of halogens is 2. The van der Waals surface area contributed by atoms with Gasteiger partial charge in [0.1, 0.15) is 6.04 Å². The fraction of sp³-hybridized carbons (Fsp3) is 0.297. The van der Waals surface area contributed by atoms with Gasteiger partial charge in [0, 0.05) is 43.7 Å². The number of aliphatic carboxylic acids is 1. The molecule has 3 atom stereocenters. The zero-order chi connectivity index (χ0) is 37.1. The molecule has 270 valence electrons. The number of carboxylic acid groups (broad SMARTS) is 2. The van der Waals surface area contributed by atoms with Crippen molar-refractivity contribution in [3.8, 4) is 0 Å². The number of nitrogens with zero attached hydrogens (tertiary/aromatic N) is 3. The van der Waals surface area contributed by atoms with E-state index in [2.05, 4.69) is 10.5 Å². The van der Waals surface area contributed by atoms with E-state index < -0.39 is 47.8 Å². The summed E-state index contributed by atoms with van der Waals surface area (Å²) < 4.78 is 14.8. The highest BCUT2D eigenvalue weighted by Gasteiger charge is 2.42. The van der Waals surface area contributed by atoms with Gasteiger partial charge in [-0.1, -0.05) is 47.1 Å². The number of nitrogens with one attached hydrogen (secondary N) is 1. The molecular formula is C37H35ClFN5O8. The van der Waals surface area contributed by atoms with Crippen molar-refractivity contribution >= 4 is 58.2 Å². The van der Waals surface area contributed by atoms with Crippen LogP contribution in [0.2, 0.25) is 5.02 Å². The molecule has 0 saturated heterocycles. The van der Waals surface area contributed by atoms with Crippen LogP contribution in [0.25, 0.3) is 5.57 Å². The number of hydrogen-bond acceptors (Lipinski definition) is 8. The molecular weight excluding hydrogens is 697 g/mol. The minimum Gasteiger partial charge on any atom is -0.481 e. The summed E-state index contributed by atoms with van der Waals surface area (Å²) in [6.45, 7) is 0.772. The second kappa shape index (κ2) is 15.3. The Morgan fingerprint density at radius 2 is 1.73 bits per heavy atom. The van der Waals surface area contributed by atoms with E-state index in [1.807, 2.05) is 12.1 Å². The van der Waals surface area contributed by atoms with E-state index in [0.717, 1.165) is 16.7 Å². The van der Waals surface area contributed by atoms with Crippen molar-refractivity contribution < 1.29 is 43.4 Å². The molecule has 2 unspecified atom stereocenters. The molecule has 0 radical (unpaired) electrons.